The van der Waals surface area contributed by atoms with E-state index in [-0.39, 0.29) is 0 Å². The van der Waals surface area contributed by atoms with Gasteiger partial charge < -0.3 is 5.11 Å². The molecule has 2 aliphatic rings. The van der Waals surface area contributed by atoms with E-state index in [1.165, 1.54) is 38.6 Å². The summed E-state index contributed by atoms with van der Waals surface area (Å²) in [5.41, 5.74) is 0.468. The average Bonchev–Trinajstić information content (AvgIpc) is 2.35. The first kappa shape index (κ1) is 12.6. The lowest BCUT2D eigenvalue weighted by molar-refractivity contribution is -0.132. The Morgan fingerprint density at radius 2 is 2.00 bits per heavy atom. The molecule has 3 heteroatoms. The number of carboxylic acids is 1. The number of carbonyl (C=O) groups is 1. The molecule has 0 aromatic heterocycles. The highest BCUT2D eigenvalue weighted by Gasteiger charge is 2.30. The third-order valence-electron chi connectivity index (χ3n) is 4.37. The number of likely N-dealkylation sites (tertiary alicyclic amines) is 1. The molecule has 0 spiro atoms. The summed E-state index contributed by atoms with van der Waals surface area (Å²) >= 11 is 0. The Hall–Kier alpha value is -0.830. The van der Waals surface area contributed by atoms with Crippen LogP contribution in [-0.4, -0.2) is 35.6 Å². The van der Waals surface area contributed by atoms with E-state index in [1.807, 2.05) is 6.08 Å². The molecule has 3 nitrogen and oxygen atoms in total. The number of rotatable bonds is 3. The van der Waals surface area contributed by atoms with Crippen molar-refractivity contribution in [2.45, 2.75) is 39.0 Å². The lowest BCUT2D eigenvalue weighted by Crippen LogP contribution is -2.41. The fraction of sp³-hybridized carbons (Fsp3) is 0.786. The maximum absolute atomic E-state index is 10.7. The molecule has 1 aliphatic heterocycles. The van der Waals surface area contributed by atoms with Gasteiger partial charge in [0.15, 0.2) is 0 Å². The van der Waals surface area contributed by atoms with Crippen molar-refractivity contribution in [3.63, 3.8) is 0 Å². The van der Waals surface area contributed by atoms with Gasteiger partial charge in [0.1, 0.15) is 0 Å². The van der Waals surface area contributed by atoms with E-state index in [0.717, 1.165) is 24.9 Å². The van der Waals surface area contributed by atoms with Gasteiger partial charge in [0, 0.05) is 18.7 Å². The number of piperidine rings is 1. The second kappa shape index (κ2) is 5.67. The first-order valence-corrected chi connectivity index (χ1v) is 6.79. The Kier molecular flexibility index (Phi) is 4.21. The van der Waals surface area contributed by atoms with Crippen LogP contribution in [0.1, 0.15) is 39.0 Å². The van der Waals surface area contributed by atoms with Crippen LogP contribution < -0.4 is 0 Å². The number of carboxylic acid groups (broad SMARTS) is 1. The first-order valence-electron chi connectivity index (χ1n) is 6.79. The molecule has 1 saturated heterocycles. The minimum absolute atomic E-state index is 0.468. The zero-order chi connectivity index (χ0) is 12.3. The lowest BCUT2D eigenvalue weighted by atomic mass is 9.75. The van der Waals surface area contributed by atoms with Crippen LogP contribution >= 0.6 is 0 Å². The summed E-state index contributed by atoms with van der Waals surface area (Å²) in [6.45, 7) is 4.80. The molecule has 2 atom stereocenters. The molecular formula is C14H23NO2. The SMILES string of the molecule is CC(=CCN1CCC2CCCCC2C1)C(=O)O. The summed E-state index contributed by atoms with van der Waals surface area (Å²) in [6, 6.07) is 0. The van der Waals surface area contributed by atoms with Crippen LogP contribution in [0.3, 0.4) is 0 Å². The molecule has 1 N–H and O–H groups in total. The van der Waals surface area contributed by atoms with Crippen molar-refractivity contribution in [2.75, 3.05) is 19.6 Å². The van der Waals surface area contributed by atoms with E-state index >= 15 is 0 Å². The van der Waals surface area contributed by atoms with E-state index in [4.69, 9.17) is 5.11 Å². The van der Waals surface area contributed by atoms with Crippen molar-refractivity contribution in [3.8, 4) is 0 Å². The van der Waals surface area contributed by atoms with Crippen molar-refractivity contribution in [3.05, 3.63) is 11.6 Å². The average molecular weight is 237 g/mol. The molecule has 1 heterocycles. The molecule has 0 aromatic rings. The molecule has 0 aromatic carbocycles. The largest absolute Gasteiger partial charge is 0.478 e. The Balaban J connectivity index is 1.83. The summed E-state index contributed by atoms with van der Waals surface area (Å²) in [6.07, 6.45) is 8.76. The van der Waals surface area contributed by atoms with Gasteiger partial charge in [-0.05, 0) is 38.1 Å². The summed E-state index contributed by atoms with van der Waals surface area (Å²) in [7, 11) is 0. The Morgan fingerprint density at radius 1 is 1.29 bits per heavy atom. The van der Waals surface area contributed by atoms with Gasteiger partial charge in [-0.3, -0.25) is 4.90 Å². The van der Waals surface area contributed by atoms with Crippen LogP contribution in [0.4, 0.5) is 0 Å². The maximum Gasteiger partial charge on any atom is 0.330 e. The summed E-state index contributed by atoms with van der Waals surface area (Å²) in [5.74, 6) is 1.03. The van der Waals surface area contributed by atoms with Gasteiger partial charge in [-0.2, -0.15) is 0 Å². The van der Waals surface area contributed by atoms with Gasteiger partial charge >= 0.3 is 5.97 Å². The Morgan fingerprint density at radius 3 is 2.71 bits per heavy atom. The van der Waals surface area contributed by atoms with Crippen molar-refractivity contribution in [2.24, 2.45) is 11.8 Å². The van der Waals surface area contributed by atoms with Crippen LogP contribution in [-0.2, 0) is 4.79 Å². The molecule has 2 unspecified atom stereocenters. The predicted octanol–water partition coefficient (Wildman–Crippen LogP) is 2.53. The van der Waals surface area contributed by atoms with Crippen LogP contribution in [0, 0.1) is 11.8 Å². The predicted molar refractivity (Wildman–Crippen MR) is 67.9 cm³/mol. The monoisotopic (exact) mass is 237 g/mol. The third kappa shape index (κ3) is 3.32. The van der Waals surface area contributed by atoms with Crippen LogP contribution in [0.2, 0.25) is 0 Å². The zero-order valence-electron chi connectivity index (χ0n) is 10.7. The molecule has 0 radical (unpaired) electrons. The topological polar surface area (TPSA) is 40.5 Å². The van der Waals surface area contributed by atoms with Crippen LogP contribution in [0.25, 0.3) is 0 Å². The second-order valence-corrected chi connectivity index (χ2v) is 5.55. The number of nitrogens with zero attached hydrogens (tertiary/aromatic N) is 1. The zero-order valence-corrected chi connectivity index (χ0v) is 10.7. The number of aliphatic carboxylic acids is 1. The standard InChI is InChI=1S/C14H23NO2/c1-11(14(16)17)6-8-15-9-7-12-4-2-3-5-13(12)10-15/h6,12-13H,2-5,7-10H2,1H3,(H,16,17). The number of hydrogen-bond acceptors (Lipinski definition) is 2. The second-order valence-electron chi connectivity index (χ2n) is 5.55. The highest BCUT2D eigenvalue weighted by Crippen LogP contribution is 2.35. The number of hydrogen-bond donors (Lipinski definition) is 1. The highest BCUT2D eigenvalue weighted by molar-refractivity contribution is 5.85. The fourth-order valence-electron chi connectivity index (χ4n) is 3.20. The van der Waals surface area contributed by atoms with Crippen molar-refractivity contribution < 1.29 is 9.90 Å². The molecule has 17 heavy (non-hydrogen) atoms. The van der Waals surface area contributed by atoms with Gasteiger partial charge in [-0.1, -0.05) is 25.3 Å². The van der Waals surface area contributed by atoms with Gasteiger partial charge in [0.25, 0.3) is 0 Å². The number of fused-ring (bicyclic) bond motifs is 1. The smallest absolute Gasteiger partial charge is 0.330 e. The summed E-state index contributed by atoms with van der Waals surface area (Å²) in [4.78, 5) is 13.1. The van der Waals surface area contributed by atoms with E-state index in [0.29, 0.717) is 5.57 Å². The van der Waals surface area contributed by atoms with Gasteiger partial charge in [0.05, 0.1) is 0 Å². The van der Waals surface area contributed by atoms with Crippen molar-refractivity contribution in [1.29, 1.82) is 0 Å². The first-order chi connectivity index (χ1) is 8.16. The van der Waals surface area contributed by atoms with Gasteiger partial charge in [0.2, 0.25) is 0 Å². The van der Waals surface area contributed by atoms with Crippen molar-refractivity contribution in [1.82, 2.24) is 4.90 Å². The van der Waals surface area contributed by atoms with Crippen LogP contribution in [0.5, 0.6) is 0 Å². The molecule has 1 aliphatic carbocycles. The molecule has 0 amide bonds. The van der Waals surface area contributed by atoms with E-state index in [2.05, 4.69) is 4.90 Å². The van der Waals surface area contributed by atoms with E-state index in [9.17, 15) is 4.79 Å². The molecule has 2 rings (SSSR count). The minimum Gasteiger partial charge on any atom is -0.478 e. The normalized spacial score (nSPS) is 31.0. The Bertz CT molecular complexity index is 311. The lowest BCUT2D eigenvalue weighted by Gasteiger charge is -2.41. The van der Waals surface area contributed by atoms with E-state index in [1.54, 1.807) is 6.92 Å². The molecule has 96 valence electrons. The minimum atomic E-state index is -0.794. The molecule has 0 bridgehead atoms. The highest BCUT2D eigenvalue weighted by atomic mass is 16.4. The van der Waals surface area contributed by atoms with Gasteiger partial charge in [-0.15, -0.1) is 0 Å². The van der Waals surface area contributed by atoms with Crippen molar-refractivity contribution >= 4 is 5.97 Å². The Labute approximate surface area is 103 Å². The maximum atomic E-state index is 10.7. The van der Waals surface area contributed by atoms with E-state index < -0.39 is 5.97 Å². The summed E-state index contributed by atoms with van der Waals surface area (Å²) < 4.78 is 0. The summed E-state index contributed by atoms with van der Waals surface area (Å²) in [5, 5.41) is 8.81. The van der Waals surface area contributed by atoms with Crippen LogP contribution in [0.15, 0.2) is 11.6 Å². The molecule has 1 saturated carbocycles. The van der Waals surface area contributed by atoms with Gasteiger partial charge in [-0.25, -0.2) is 4.79 Å². The molecular weight excluding hydrogens is 214 g/mol. The molecule has 2 fully saturated rings. The third-order valence-corrected chi connectivity index (χ3v) is 4.37. The fourth-order valence-corrected chi connectivity index (χ4v) is 3.20. The quantitative estimate of drug-likeness (QED) is 0.767.